The zero-order valence-electron chi connectivity index (χ0n) is 17.4. The number of ether oxygens (including phenoxy) is 2. The second kappa shape index (κ2) is 8.54. The fraction of sp³-hybridized carbons (Fsp3) is 0.524. The highest BCUT2D eigenvalue weighted by molar-refractivity contribution is 6.11. The van der Waals surface area contributed by atoms with Gasteiger partial charge in [-0.2, -0.15) is 0 Å². The van der Waals surface area contributed by atoms with Crippen LogP contribution in [0.2, 0.25) is 0 Å². The van der Waals surface area contributed by atoms with E-state index < -0.39 is 30.0 Å². The van der Waals surface area contributed by atoms with Gasteiger partial charge in [-0.25, -0.2) is 9.59 Å². The molecule has 31 heavy (non-hydrogen) atoms. The maximum absolute atomic E-state index is 12.7. The van der Waals surface area contributed by atoms with Gasteiger partial charge in [0.2, 0.25) is 5.91 Å². The van der Waals surface area contributed by atoms with Crippen LogP contribution in [0, 0.1) is 0 Å². The summed E-state index contributed by atoms with van der Waals surface area (Å²) in [6, 6.07) is 4.53. The summed E-state index contributed by atoms with van der Waals surface area (Å²) in [5.74, 6) is -1.52. The molecule has 0 atom stereocenters. The molecular formula is C21H26N4O6. The number of esters is 1. The molecule has 0 radical (unpaired) electrons. The summed E-state index contributed by atoms with van der Waals surface area (Å²) < 4.78 is 10.2. The van der Waals surface area contributed by atoms with Crippen molar-refractivity contribution in [2.24, 2.45) is 0 Å². The molecule has 1 aromatic carbocycles. The van der Waals surface area contributed by atoms with Gasteiger partial charge in [0, 0.05) is 18.8 Å². The standard InChI is InChI=1S/C21H26N4O6/c1-30-18(27)15-12-14(24-8-10-31-11-9-24)4-5-16(15)22-17(26)13-25-19(28)21(23-20(25)29)6-2-3-7-21/h4-5,12H,2-3,6-11,13H2,1H3,(H,22,26)(H,23,29). The van der Waals surface area contributed by atoms with Gasteiger partial charge in [-0.15, -0.1) is 0 Å². The molecule has 1 spiro atoms. The Morgan fingerprint density at radius 3 is 2.58 bits per heavy atom. The van der Waals surface area contributed by atoms with Crippen LogP contribution in [0.5, 0.6) is 0 Å². The van der Waals surface area contributed by atoms with Crippen molar-refractivity contribution in [3.63, 3.8) is 0 Å². The third-order valence-electron chi connectivity index (χ3n) is 6.06. The minimum atomic E-state index is -0.867. The Kier molecular flexibility index (Phi) is 5.81. The summed E-state index contributed by atoms with van der Waals surface area (Å²) in [6.07, 6.45) is 2.91. The predicted molar refractivity (Wildman–Crippen MR) is 111 cm³/mol. The number of nitrogens with one attached hydrogen (secondary N) is 2. The van der Waals surface area contributed by atoms with E-state index in [4.69, 9.17) is 9.47 Å². The molecule has 166 valence electrons. The highest BCUT2D eigenvalue weighted by Crippen LogP contribution is 2.35. The van der Waals surface area contributed by atoms with Crippen LogP contribution < -0.4 is 15.5 Å². The van der Waals surface area contributed by atoms with E-state index in [1.807, 2.05) is 0 Å². The summed E-state index contributed by atoms with van der Waals surface area (Å²) in [4.78, 5) is 53.0. The first-order chi connectivity index (χ1) is 14.9. The minimum absolute atomic E-state index is 0.198. The van der Waals surface area contributed by atoms with Crippen LogP contribution >= 0.6 is 0 Å². The molecule has 4 amide bonds. The molecule has 0 aromatic heterocycles. The van der Waals surface area contributed by atoms with Crippen molar-refractivity contribution < 1.29 is 28.7 Å². The number of imide groups is 1. The molecule has 2 N–H and O–H groups in total. The molecule has 1 saturated carbocycles. The number of carbonyl (C=O) groups excluding carboxylic acids is 4. The van der Waals surface area contributed by atoms with Crippen LogP contribution in [0.15, 0.2) is 18.2 Å². The third-order valence-corrected chi connectivity index (χ3v) is 6.06. The van der Waals surface area contributed by atoms with Crippen LogP contribution in [-0.2, 0) is 19.1 Å². The number of hydrogen-bond donors (Lipinski definition) is 2. The van der Waals surface area contributed by atoms with E-state index in [-0.39, 0.29) is 17.2 Å². The smallest absolute Gasteiger partial charge is 0.340 e. The molecule has 3 aliphatic rings. The normalized spacial score (nSPS) is 20.2. The van der Waals surface area contributed by atoms with E-state index in [0.29, 0.717) is 39.1 Å². The van der Waals surface area contributed by atoms with Gasteiger partial charge in [0.15, 0.2) is 0 Å². The molecule has 0 bridgehead atoms. The number of methoxy groups -OCH3 is 1. The quantitative estimate of drug-likeness (QED) is 0.531. The summed E-state index contributed by atoms with van der Waals surface area (Å²) in [5, 5.41) is 5.39. The van der Waals surface area contributed by atoms with Crippen LogP contribution in [0.1, 0.15) is 36.0 Å². The van der Waals surface area contributed by atoms with E-state index >= 15 is 0 Å². The van der Waals surface area contributed by atoms with E-state index in [1.165, 1.54) is 7.11 Å². The lowest BCUT2D eigenvalue weighted by Crippen LogP contribution is -2.44. The lowest BCUT2D eigenvalue weighted by molar-refractivity contribution is -0.133. The number of benzene rings is 1. The van der Waals surface area contributed by atoms with Crippen molar-refractivity contribution in [3.05, 3.63) is 23.8 Å². The largest absolute Gasteiger partial charge is 0.465 e. The molecular weight excluding hydrogens is 404 g/mol. The van der Waals surface area contributed by atoms with Crippen molar-refractivity contribution in [3.8, 4) is 0 Å². The topological polar surface area (TPSA) is 117 Å². The van der Waals surface area contributed by atoms with Gasteiger partial charge in [0.1, 0.15) is 12.1 Å². The first kappa shape index (κ1) is 21.1. The van der Waals surface area contributed by atoms with Gasteiger partial charge in [0.25, 0.3) is 5.91 Å². The predicted octanol–water partition coefficient (Wildman–Crippen LogP) is 1.11. The number of urea groups is 1. The van der Waals surface area contributed by atoms with E-state index in [9.17, 15) is 19.2 Å². The maximum atomic E-state index is 12.7. The van der Waals surface area contributed by atoms with Gasteiger partial charge >= 0.3 is 12.0 Å². The van der Waals surface area contributed by atoms with Gasteiger partial charge in [0.05, 0.1) is 31.6 Å². The molecule has 2 aliphatic heterocycles. The molecule has 0 unspecified atom stereocenters. The SMILES string of the molecule is COC(=O)c1cc(N2CCOCC2)ccc1NC(=O)CN1C(=O)NC2(CCCC2)C1=O. The number of anilines is 2. The maximum Gasteiger partial charge on any atom is 0.340 e. The van der Waals surface area contributed by atoms with E-state index in [0.717, 1.165) is 23.4 Å². The monoisotopic (exact) mass is 430 g/mol. The fourth-order valence-electron chi connectivity index (χ4n) is 4.41. The Hall–Kier alpha value is -3.14. The van der Waals surface area contributed by atoms with E-state index in [1.54, 1.807) is 18.2 Å². The molecule has 1 aromatic rings. The molecule has 4 rings (SSSR count). The van der Waals surface area contributed by atoms with E-state index in [2.05, 4.69) is 15.5 Å². The van der Waals surface area contributed by atoms with Crippen LogP contribution in [-0.4, -0.2) is 74.2 Å². The Morgan fingerprint density at radius 1 is 1.19 bits per heavy atom. The molecule has 2 heterocycles. The zero-order chi connectivity index (χ0) is 22.0. The van der Waals surface area contributed by atoms with Crippen LogP contribution in [0.3, 0.4) is 0 Å². The van der Waals surface area contributed by atoms with Gasteiger partial charge in [-0.3, -0.25) is 14.5 Å². The lowest BCUT2D eigenvalue weighted by Gasteiger charge is -2.29. The molecule has 3 fully saturated rings. The van der Waals surface area contributed by atoms with Crippen molar-refractivity contribution >= 4 is 35.2 Å². The summed E-state index contributed by atoms with van der Waals surface area (Å²) in [7, 11) is 1.27. The molecule has 10 heteroatoms. The Bertz CT molecular complexity index is 905. The van der Waals surface area contributed by atoms with Gasteiger partial charge in [-0.1, -0.05) is 12.8 Å². The Labute approximate surface area is 179 Å². The van der Waals surface area contributed by atoms with Gasteiger partial charge in [-0.05, 0) is 31.0 Å². The summed E-state index contributed by atoms with van der Waals surface area (Å²) in [6.45, 7) is 2.16. The van der Waals surface area contributed by atoms with Crippen molar-refractivity contribution in [2.45, 2.75) is 31.2 Å². The van der Waals surface area contributed by atoms with Gasteiger partial charge < -0.3 is 25.0 Å². The highest BCUT2D eigenvalue weighted by atomic mass is 16.5. The third kappa shape index (κ3) is 4.07. The molecule has 10 nitrogen and oxygen atoms in total. The summed E-state index contributed by atoms with van der Waals surface area (Å²) >= 11 is 0. The van der Waals surface area contributed by atoms with Crippen molar-refractivity contribution in [1.82, 2.24) is 10.2 Å². The molecule has 2 saturated heterocycles. The first-order valence-electron chi connectivity index (χ1n) is 10.4. The van der Waals surface area contributed by atoms with Crippen molar-refractivity contribution in [1.29, 1.82) is 0 Å². The number of nitrogens with zero attached hydrogens (tertiary/aromatic N) is 2. The fourth-order valence-corrected chi connectivity index (χ4v) is 4.41. The highest BCUT2D eigenvalue weighted by Gasteiger charge is 2.52. The number of carbonyl (C=O) groups is 4. The minimum Gasteiger partial charge on any atom is -0.465 e. The molecule has 1 aliphatic carbocycles. The lowest BCUT2D eigenvalue weighted by atomic mass is 9.98. The Balaban J connectivity index is 1.49. The number of hydrogen-bond acceptors (Lipinski definition) is 7. The number of rotatable bonds is 5. The second-order valence-electron chi connectivity index (χ2n) is 7.98. The number of amides is 4. The average Bonchev–Trinajstić information content (AvgIpc) is 3.34. The zero-order valence-corrected chi connectivity index (χ0v) is 17.4. The van der Waals surface area contributed by atoms with Crippen LogP contribution in [0.4, 0.5) is 16.2 Å². The summed E-state index contributed by atoms with van der Waals surface area (Å²) in [5.41, 5.74) is 0.411. The Morgan fingerprint density at radius 2 is 1.90 bits per heavy atom. The second-order valence-corrected chi connectivity index (χ2v) is 7.98. The first-order valence-corrected chi connectivity index (χ1v) is 10.4. The van der Waals surface area contributed by atoms with Crippen molar-refractivity contribution in [2.75, 3.05) is 50.2 Å². The number of morpholine rings is 1. The van der Waals surface area contributed by atoms with Crippen LogP contribution in [0.25, 0.3) is 0 Å². The average molecular weight is 430 g/mol.